The Hall–Kier alpha value is -0.630. The summed E-state index contributed by atoms with van der Waals surface area (Å²) in [5, 5.41) is 0. The van der Waals surface area contributed by atoms with Gasteiger partial charge in [-0.05, 0) is 42.9 Å². The molecule has 18 heavy (non-hydrogen) atoms. The Labute approximate surface area is 111 Å². The van der Waals surface area contributed by atoms with E-state index in [0.29, 0.717) is 5.75 Å². The van der Waals surface area contributed by atoms with Gasteiger partial charge in [-0.25, -0.2) is 0 Å². The summed E-state index contributed by atoms with van der Waals surface area (Å²) in [5.74, 6) is 0.633. The van der Waals surface area contributed by atoms with Gasteiger partial charge in [0, 0.05) is 0 Å². The number of unbranched alkanes of at least 4 members (excludes halogenated alkanes) is 2. The molecule has 0 aromatic heterocycles. The minimum Gasteiger partial charge on any atom is -0.427 e. The third-order valence-corrected chi connectivity index (χ3v) is 3.35. The first-order chi connectivity index (χ1) is 8.69. The van der Waals surface area contributed by atoms with Crippen LogP contribution >= 0.6 is 8.60 Å². The van der Waals surface area contributed by atoms with Gasteiger partial charge in [0.25, 0.3) is 0 Å². The van der Waals surface area contributed by atoms with Gasteiger partial charge >= 0.3 is 8.60 Å². The minimum absolute atomic E-state index is 0.633. The fourth-order valence-electron chi connectivity index (χ4n) is 2.02. The lowest BCUT2D eigenvalue weighted by Gasteiger charge is -2.15. The van der Waals surface area contributed by atoms with Crippen LogP contribution in [0.25, 0.3) is 0 Å². The van der Waals surface area contributed by atoms with Crippen molar-refractivity contribution in [1.82, 2.24) is 0 Å². The fourth-order valence-corrected chi connectivity index (χ4v) is 2.37. The molecule has 0 saturated carbocycles. The van der Waals surface area contributed by atoms with E-state index in [0.717, 1.165) is 44.1 Å². The van der Waals surface area contributed by atoms with Crippen LogP contribution < -0.4 is 4.52 Å². The fraction of sp³-hybridized carbons (Fsp3) is 0.571. The topological polar surface area (TPSA) is 49.7 Å². The van der Waals surface area contributed by atoms with Crippen molar-refractivity contribution in [3.05, 3.63) is 29.3 Å². The molecule has 0 radical (unpaired) electrons. The third-order valence-electron chi connectivity index (χ3n) is 2.99. The van der Waals surface area contributed by atoms with E-state index in [1.807, 2.05) is 12.1 Å². The maximum atomic E-state index is 9.02. The molecular weight excluding hydrogens is 247 g/mol. The number of rotatable bonds is 8. The zero-order valence-electron chi connectivity index (χ0n) is 11.2. The molecule has 1 rings (SSSR count). The summed E-state index contributed by atoms with van der Waals surface area (Å²) in [7, 11) is -2.33. The summed E-state index contributed by atoms with van der Waals surface area (Å²) in [6.07, 6.45) is 6.49. The van der Waals surface area contributed by atoms with Crippen molar-refractivity contribution in [2.45, 2.75) is 52.4 Å². The van der Waals surface area contributed by atoms with Gasteiger partial charge in [-0.2, -0.15) is 0 Å². The monoisotopic (exact) mass is 270 g/mol. The summed E-state index contributed by atoms with van der Waals surface area (Å²) in [5.41, 5.74) is 2.42. The zero-order chi connectivity index (χ0) is 13.4. The van der Waals surface area contributed by atoms with E-state index >= 15 is 0 Å². The molecule has 0 unspecified atom stereocenters. The van der Waals surface area contributed by atoms with Gasteiger partial charge in [-0.1, -0.05) is 38.8 Å². The summed E-state index contributed by atoms with van der Waals surface area (Å²) in [6.45, 7) is 4.33. The predicted molar refractivity (Wildman–Crippen MR) is 75.7 cm³/mol. The Morgan fingerprint density at radius 2 is 1.72 bits per heavy atom. The van der Waals surface area contributed by atoms with Crippen LogP contribution in [-0.2, 0) is 12.8 Å². The van der Waals surface area contributed by atoms with E-state index in [4.69, 9.17) is 14.3 Å². The quantitative estimate of drug-likeness (QED) is 0.703. The van der Waals surface area contributed by atoms with Crippen LogP contribution in [0.1, 0.15) is 50.7 Å². The van der Waals surface area contributed by atoms with E-state index in [1.54, 1.807) is 0 Å². The lowest BCUT2D eigenvalue weighted by Crippen LogP contribution is -1.99. The summed E-state index contributed by atoms with van der Waals surface area (Å²) in [6, 6.07) is 5.86. The van der Waals surface area contributed by atoms with Crippen LogP contribution in [0.15, 0.2) is 18.2 Å². The molecule has 0 aliphatic heterocycles. The van der Waals surface area contributed by atoms with Crippen molar-refractivity contribution < 1.29 is 14.3 Å². The standard InChI is InChI=1S/C14H23O3P/c1-3-5-8-12-9-7-11-14(17-18(15)16)13(12)10-6-4-2/h7,9,11,15-16H,3-6,8,10H2,1-2H3. The molecule has 0 saturated heterocycles. The molecule has 2 N–H and O–H groups in total. The van der Waals surface area contributed by atoms with Crippen LogP contribution in [0.5, 0.6) is 5.75 Å². The summed E-state index contributed by atoms with van der Waals surface area (Å²) in [4.78, 5) is 18.0. The van der Waals surface area contributed by atoms with E-state index in [-0.39, 0.29) is 0 Å². The first kappa shape index (κ1) is 15.4. The lowest BCUT2D eigenvalue weighted by molar-refractivity contribution is 0.373. The molecule has 0 atom stereocenters. The smallest absolute Gasteiger partial charge is 0.391 e. The first-order valence-electron chi connectivity index (χ1n) is 6.65. The Balaban J connectivity index is 2.92. The third kappa shape index (κ3) is 4.93. The van der Waals surface area contributed by atoms with Crippen LogP contribution in [-0.4, -0.2) is 9.79 Å². The Kier molecular flexibility index (Phi) is 7.26. The molecule has 0 amide bonds. The molecule has 0 aliphatic carbocycles. The second-order valence-corrected chi connectivity index (χ2v) is 5.13. The average molecular weight is 270 g/mol. The number of benzene rings is 1. The maximum Gasteiger partial charge on any atom is 0.391 e. The average Bonchev–Trinajstić information content (AvgIpc) is 2.34. The van der Waals surface area contributed by atoms with Crippen molar-refractivity contribution in [1.29, 1.82) is 0 Å². The minimum atomic E-state index is -2.33. The van der Waals surface area contributed by atoms with Crippen LogP contribution in [0.3, 0.4) is 0 Å². The van der Waals surface area contributed by atoms with Crippen LogP contribution in [0.2, 0.25) is 0 Å². The van der Waals surface area contributed by atoms with Crippen LogP contribution in [0, 0.1) is 0 Å². The molecule has 1 aromatic carbocycles. The lowest BCUT2D eigenvalue weighted by atomic mass is 9.97. The molecule has 0 aliphatic rings. The highest BCUT2D eigenvalue weighted by atomic mass is 31.2. The molecule has 0 spiro atoms. The van der Waals surface area contributed by atoms with Gasteiger partial charge < -0.3 is 14.3 Å². The number of hydrogen-bond donors (Lipinski definition) is 2. The van der Waals surface area contributed by atoms with Gasteiger partial charge in [0.15, 0.2) is 0 Å². The maximum absolute atomic E-state index is 9.02. The first-order valence-corrected chi connectivity index (χ1v) is 7.82. The van der Waals surface area contributed by atoms with E-state index < -0.39 is 8.60 Å². The molecular formula is C14H23O3P. The van der Waals surface area contributed by atoms with E-state index in [2.05, 4.69) is 19.9 Å². The van der Waals surface area contributed by atoms with Crippen molar-refractivity contribution in [2.24, 2.45) is 0 Å². The van der Waals surface area contributed by atoms with Crippen molar-refractivity contribution in [2.75, 3.05) is 0 Å². The number of aryl methyl sites for hydroxylation is 1. The van der Waals surface area contributed by atoms with Crippen molar-refractivity contribution in [3.63, 3.8) is 0 Å². The Morgan fingerprint density at radius 1 is 1.06 bits per heavy atom. The molecule has 0 fully saturated rings. The predicted octanol–water partition coefficient (Wildman–Crippen LogP) is 3.96. The molecule has 0 bridgehead atoms. The summed E-state index contributed by atoms with van der Waals surface area (Å²) >= 11 is 0. The van der Waals surface area contributed by atoms with Gasteiger partial charge in [0.2, 0.25) is 0 Å². The molecule has 3 nitrogen and oxygen atoms in total. The Morgan fingerprint density at radius 3 is 2.33 bits per heavy atom. The van der Waals surface area contributed by atoms with E-state index in [1.165, 1.54) is 5.56 Å². The SMILES string of the molecule is CCCCc1cccc(OP(O)O)c1CCCC. The second-order valence-electron chi connectivity index (χ2n) is 4.44. The zero-order valence-corrected chi connectivity index (χ0v) is 12.1. The van der Waals surface area contributed by atoms with Gasteiger partial charge in [-0.15, -0.1) is 0 Å². The van der Waals surface area contributed by atoms with E-state index in [9.17, 15) is 0 Å². The number of hydrogen-bond acceptors (Lipinski definition) is 3. The summed E-state index contributed by atoms with van der Waals surface area (Å²) < 4.78 is 5.14. The Bertz CT molecular complexity index is 353. The van der Waals surface area contributed by atoms with Crippen molar-refractivity contribution >= 4 is 8.60 Å². The highest BCUT2D eigenvalue weighted by Crippen LogP contribution is 2.34. The largest absolute Gasteiger partial charge is 0.427 e. The van der Waals surface area contributed by atoms with Crippen LogP contribution in [0.4, 0.5) is 0 Å². The van der Waals surface area contributed by atoms with Gasteiger partial charge in [-0.3, -0.25) is 0 Å². The molecule has 102 valence electrons. The van der Waals surface area contributed by atoms with Gasteiger partial charge in [0.1, 0.15) is 5.75 Å². The highest BCUT2D eigenvalue weighted by molar-refractivity contribution is 7.39. The van der Waals surface area contributed by atoms with Gasteiger partial charge in [0.05, 0.1) is 0 Å². The molecule has 1 aromatic rings. The second kappa shape index (κ2) is 8.47. The molecule has 4 heteroatoms. The highest BCUT2D eigenvalue weighted by Gasteiger charge is 2.12. The molecule has 0 heterocycles. The normalized spacial score (nSPS) is 10.9. The van der Waals surface area contributed by atoms with Crippen molar-refractivity contribution in [3.8, 4) is 5.75 Å².